The molecule has 8 heteroatoms. The van der Waals surface area contributed by atoms with Gasteiger partial charge < -0.3 is 14.8 Å². The van der Waals surface area contributed by atoms with Crippen molar-refractivity contribution in [2.45, 2.75) is 0 Å². The second kappa shape index (κ2) is 8.89. The molecule has 0 aliphatic rings. The van der Waals surface area contributed by atoms with Gasteiger partial charge in [-0.3, -0.25) is 4.79 Å². The summed E-state index contributed by atoms with van der Waals surface area (Å²) < 4.78 is 23.1. The number of benzene rings is 2. The monoisotopic (exact) mass is 365 g/mol. The molecule has 0 aromatic heterocycles. The van der Waals surface area contributed by atoms with Gasteiger partial charge in [0, 0.05) is 17.3 Å². The first-order chi connectivity index (χ1) is 12.0. The van der Waals surface area contributed by atoms with Gasteiger partial charge in [-0.1, -0.05) is 11.6 Å². The maximum Gasteiger partial charge on any atom is 0.259 e. The molecular formula is C17H17ClFN3O3. The highest BCUT2D eigenvalue weighted by Crippen LogP contribution is 2.31. The molecule has 0 aliphatic carbocycles. The molecule has 0 radical (unpaired) electrons. The molecule has 0 saturated carbocycles. The zero-order valence-corrected chi connectivity index (χ0v) is 14.4. The summed E-state index contributed by atoms with van der Waals surface area (Å²) in [6.07, 6.45) is 1.42. The Labute approximate surface area is 149 Å². The van der Waals surface area contributed by atoms with Gasteiger partial charge in [0.1, 0.15) is 17.3 Å². The highest BCUT2D eigenvalue weighted by atomic mass is 35.5. The molecular weight excluding hydrogens is 349 g/mol. The molecule has 132 valence electrons. The Morgan fingerprint density at radius 1 is 1.20 bits per heavy atom. The molecule has 0 bridgehead atoms. The summed E-state index contributed by atoms with van der Waals surface area (Å²) in [4.78, 5) is 11.8. The van der Waals surface area contributed by atoms with Crippen molar-refractivity contribution in [3.05, 3.63) is 52.8 Å². The van der Waals surface area contributed by atoms with Gasteiger partial charge in [0.2, 0.25) is 0 Å². The van der Waals surface area contributed by atoms with Gasteiger partial charge in [0.25, 0.3) is 5.91 Å². The van der Waals surface area contributed by atoms with Crippen molar-refractivity contribution < 1.29 is 18.7 Å². The van der Waals surface area contributed by atoms with E-state index in [0.29, 0.717) is 27.8 Å². The SMILES string of the molecule is COc1cc(OC)c(/C=N\NC(=O)CNc2ccc(F)cc2)cc1Cl. The fraction of sp³-hybridized carbons (Fsp3) is 0.176. The maximum absolute atomic E-state index is 12.8. The van der Waals surface area contributed by atoms with Gasteiger partial charge in [-0.15, -0.1) is 0 Å². The Kier molecular flexibility index (Phi) is 6.59. The molecule has 0 aliphatic heterocycles. The number of amides is 1. The Hall–Kier alpha value is -2.80. The van der Waals surface area contributed by atoms with Crippen LogP contribution in [0.2, 0.25) is 5.02 Å². The van der Waals surface area contributed by atoms with E-state index in [4.69, 9.17) is 21.1 Å². The third-order valence-electron chi connectivity index (χ3n) is 3.19. The number of methoxy groups -OCH3 is 2. The molecule has 1 amide bonds. The Bertz CT molecular complexity index is 766. The van der Waals surface area contributed by atoms with Crippen LogP contribution >= 0.6 is 11.6 Å². The molecule has 0 fully saturated rings. The topological polar surface area (TPSA) is 72.0 Å². The van der Waals surface area contributed by atoms with E-state index in [1.807, 2.05) is 0 Å². The summed E-state index contributed by atoms with van der Waals surface area (Å²) in [7, 11) is 3.01. The van der Waals surface area contributed by atoms with Gasteiger partial charge in [-0.2, -0.15) is 5.10 Å². The third-order valence-corrected chi connectivity index (χ3v) is 3.49. The van der Waals surface area contributed by atoms with Crippen molar-refractivity contribution in [2.75, 3.05) is 26.1 Å². The lowest BCUT2D eigenvalue weighted by Gasteiger charge is -2.09. The summed E-state index contributed by atoms with van der Waals surface area (Å²) in [6, 6.07) is 8.93. The zero-order chi connectivity index (χ0) is 18.2. The van der Waals surface area contributed by atoms with Crippen LogP contribution < -0.4 is 20.2 Å². The minimum atomic E-state index is -0.362. The summed E-state index contributed by atoms with van der Waals surface area (Å²) in [5.74, 6) is 0.276. The quantitative estimate of drug-likeness (QED) is 0.584. The standard InChI is InChI=1S/C17H17ClFN3O3/c1-24-15-8-16(25-2)14(18)7-11(15)9-21-22-17(23)10-20-13-5-3-12(19)4-6-13/h3-9,20H,10H2,1-2H3,(H,22,23)/b21-9-. The highest BCUT2D eigenvalue weighted by Gasteiger charge is 2.08. The summed E-state index contributed by atoms with van der Waals surface area (Å²) in [5.41, 5.74) is 3.59. The summed E-state index contributed by atoms with van der Waals surface area (Å²) in [6.45, 7) is -0.0104. The van der Waals surface area contributed by atoms with E-state index in [9.17, 15) is 9.18 Å². The molecule has 2 aromatic carbocycles. The first-order valence-corrected chi connectivity index (χ1v) is 7.64. The minimum absolute atomic E-state index is 0.0104. The molecule has 0 atom stereocenters. The number of hydrogen-bond donors (Lipinski definition) is 2. The lowest BCUT2D eigenvalue weighted by molar-refractivity contribution is -0.119. The average molecular weight is 366 g/mol. The molecule has 2 rings (SSSR count). The fourth-order valence-electron chi connectivity index (χ4n) is 1.95. The van der Waals surface area contributed by atoms with Gasteiger partial charge in [0.05, 0.1) is 32.0 Å². The number of nitrogens with zero attached hydrogens (tertiary/aromatic N) is 1. The number of hydrazone groups is 1. The molecule has 0 heterocycles. The lowest BCUT2D eigenvalue weighted by Crippen LogP contribution is -2.25. The Morgan fingerprint density at radius 3 is 2.52 bits per heavy atom. The van der Waals surface area contributed by atoms with Crippen LogP contribution in [0, 0.1) is 5.82 Å². The number of anilines is 1. The number of ether oxygens (including phenoxy) is 2. The summed E-state index contributed by atoms with van der Waals surface area (Å²) in [5, 5.41) is 7.12. The van der Waals surface area contributed by atoms with Crippen molar-refractivity contribution in [1.82, 2.24) is 5.43 Å². The predicted molar refractivity (Wildman–Crippen MR) is 95.2 cm³/mol. The van der Waals surface area contributed by atoms with E-state index in [2.05, 4.69) is 15.8 Å². The van der Waals surface area contributed by atoms with Crippen LogP contribution in [-0.2, 0) is 4.79 Å². The van der Waals surface area contributed by atoms with E-state index in [0.717, 1.165) is 0 Å². The number of carbonyl (C=O) groups is 1. The molecule has 0 saturated heterocycles. The van der Waals surface area contributed by atoms with Gasteiger partial charge in [-0.05, 0) is 30.3 Å². The summed E-state index contributed by atoms with van der Waals surface area (Å²) >= 11 is 6.06. The van der Waals surface area contributed by atoms with Crippen LogP contribution in [0.25, 0.3) is 0 Å². The number of halogens is 2. The molecule has 2 aromatic rings. The van der Waals surface area contributed by atoms with Crippen molar-refractivity contribution in [3.63, 3.8) is 0 Å². The van der Waals surface area contributed by atoms with E-state index >= 15 is 0 Å². The zero-order valence-electron chi connectivity index (χ0n) is 13.7. The van der Waals surface area contributed by atoms with Crippen LogP contribution in [0.15, 0.2) is 41.5 Å². The lowest BCUT2D eigenvalue weighted by atomic mass is 10.2. The van der Waals surface area contributed by atoms with Gasteiger partial charge in [0.15, 0.2) is 0 Å². The predicted octanol–water partition coefficient (Wildman–Crippen LogP) is 3.06. The van der Waals surface area contributed by atoms with E-state index in [1.165, 1.54) is 44.7 Å². The van der Waals surface area contributed by atoms with Crippen molar-refractivity contribution >= 4 is 29.4 Å². The van der Waals surface area contributed by atoms with E-state index in [-0.39, 0.29) is 18.3 Å². The van der Waals surface area contributed by atoms with Gasteiger partial charge >= 0.3 is 0 Å². The maximum atomic E-state index is 12.8. The van der Waals surface area contributed by atoms with Crippen LogP contribution in [0.5, 0.6) is 11.5 Å². The number of rotatable bonds is 7. The van der Waals surface area contributed by atoms with Crippen molar-refractivity contribution in [3.8, 4) is 11.5 Å². The first-order valence-electron chi connectivity index (χ1n) is 7.26. The Morgan fingerprint density at radius 2 is 1.88 bits per heavy atom. The van der Waals surface area contributed by atoms with E-state index in [1.54, 1.807) is 12.1 Å². The number of hydrogen-bond acceptors (Lipinski definition) is 5. The van der Waals surface area contributed by atoms with Crippen LogP contribution in [0.4, 0.5) is 10.1 Å². The molecule has 0 spiro atoms. The molecule has 6 nitrogen and oxygen atoms in total. The number of carbonyl (C=O) groups excluding carboxylic acids is 1. The van der Waals surface area contributed by atoms with E-state index < -0.39 is 0 Å². The van der Waals surface area contributed by atoms with Crippen LogP contribution in [0.1, 0.15) is 5.56 Å². The molecule has 0 unspecified atom stereocenters. The normalized spacial score (nSPS) is 10.6. The fourth-order valence-corrected chi connectivity index (χ4v) is 2.20. The first kappa shape index (κ1) is 18.5. The largest absolute Gasteiger partial charge is 0.496 e. The molecule has 25 heavy (non-hydrogen) atoms. The average Bonchev–Trinajstić information content (AvgIpc) is 2.61. The minimum Gasteiger partial charge on any atom is -0.496 e. The highest BCUT2D eigenvalue weighted by molar-refractivity contribution is 6.32. The molecule has 2 N–H and O–H groups in total. The van der Waals surface area contributed by atoms with Crippen molar-refractivity contribution in [1.29, 1.82) is 0 Å². The van der Waals surface area contributed by atoms with Crippen LogP contribution in [-0.4, -0.2) is 32.9 Å². The second-order valence-electron chi connectivity index (χ2n) is 4.88. The van der Waals surface area contributed by atoms with Crippen molar-refractivity contribution in [2.24, 2.45) is 5.10 Å². The second-order valence-corrected chi connectivity index (χ2v) is 5.29. The van der Waals surface area contributed by atoms with Crippen LogP contribution in [0.3, 0.4) is 0 Å². The smallest absolute Gasteiger partial charge is 0.259 e. The third kappa shape index (κ3) is 5.36. The van der Waals surface area contributed by atoms with Gasteiger partial charge in [-0.25, -0.2) is 9.82 Å². The Balaban J connectivity index is 1.92. The number of nitrogens with one attached hydrogen (secondary N) is 2.